The number of nitrogens with zero attached hydrogens (tertiary/aromatic N) is 2. The van der Waals surface area contributed by atoms with E-state index in [-0.39, 0.29) is 6.04 Å². The minimum absolute atomic E-state index is 0.0324. The van der Waals surface area contributed by atoms with Gasteiger partial charge in [0, 0.05) is 25.2 Å². The fourth-order valence-corrected chi connectivity index (χ4v) is 2.18. The Labute approximate surface area is 109 Å². The van der Waals surface area contributed by atoms with Gasteiger partial charge in [-0.1, -0.05) is 36.8 Å². The molecule has 0 fully saturated rings. The molecular formula is C15H21N3. The quantitative estimate of drug-likeness (QED) is 0.896. The summed E-state index contributed by atoms with van der Waals surface area (Å²) in [5.41, 5.74) is 11.0. The fraction of sp³-hybridized carbons (Fsp3) is 0.400. The summed E-state index contributed by atoms with van der Waals surface area (Å²) in [6, 6.07) is 10.6. The van der Waals surface area contributed by atoms with Crippen molar-refractivity contribution in [2.24, 2.45) is 12.8 Å². The van der Waals surface area contributed by atoms with Gasteiger partial charge >= 0.3 is 0 Å². The Bertz CT molecular complexity index is 528. The molecule has 0 aliphatic rings. The zero-order chi connectivity index (χ0) is 13.1. The van der Waals surface area contributed by atoms with E-state index in [2.05, 4.69) is 49.3 Å². The molecule has 3 heteroatoms. The van der Waals surface area contributed by atoms with Crippen molar-refractivity contribution < 1.29 is 0 Å². The molecule has 1 atom stereocenters. The van der Waals surface area contributed by atoms with E-state index in [0.29, 0.717) is 0 Å². The van der Waals surface area contributed by atoms with Gasteiger partial charge in [-0.25, -0.2) is 0 Å². The summed E-state index contributed by atoms with van der Waals surface area (Å²) in [6.07, 6.45) is 1.79. The highest BCUT2D eigenvalue weighted by atomic mass is 15.3. The van der Waals surface area contributed by atoms with Gasteiger partial charge in [0.1, 0.15) is 0 Å². The molecule has 2 rings (SSSR count). The van der Waals surface area contributed by atoms with E-state index in [1.165, 1.54) is 16.8 Å². The number of benzene rings is 1. The molecule has 1 unspecified atom stereocenters. The molecule has 0 saturated heterocycles. The minimum Gasteiger partial charge on any atom is -0.324 e. The Kier molecular flexibility index (Phi) is 3.82. The van der Waals surface area contributed by atoms with E-state index in [4.69, 9.17) is 5.73 Å². The Morgan fingerprint density at radius 3 is 2.72 bits per heavy atom. The Hall–Kier alpha value is -1.61. The SMILES string of the molecule is CCc1cc(CC(N)c2cccc(C)c2)n(C)n1. The topological polar surface area (TPSA) is 43.8 Å². The molecular weight excluding hydrogens is 222 g/mol. The van der Waals surface area contributed by atoms with Crippen LogP contribution in [0.1, 0.15) is 35.5 Å². The number of hydrogen-bond acceptors (Lipinski definition) is 2. The molecule has 0 aliphatic carbocycles. The van der Waals surface area contributed by atoms with Crippen molar-refractivity contribution >= 4 is 0 Å². The van der Waals surface area contributed by atoms with Crippen LogP contribution in [-0.2, 0) is 19.9 Å². The van der Waals surface area contributed by atoms with Crippen LogP contribution in [-0.4, -0.2) is 9.78 Å². The van der Waals surface area contributed by atoms with Crippen molar-refractivity contribution in [3.05, 3.63) is 52.8 Å². The highest BCUT2D eigenvalue weighted by Gasteiger charge is 2.11. The van der Waals surface area contributed by atoms with E-state index >= 15 is 0 Å². The summed E-state index contributed by atoms with van der Waals surface area (Å²) in [5, 5.41) is 4.45. The molecule has 2 N–H and O–H groups in total. The molecule has 3 nitrogen and oxygen atoms in total. The van der Waals surface area contributed by atoms with Crippen molar-refractivity contribution in [1.82, 2.24) is 9.78 Å². The lowest BCUT2D eigenvalue weighted by molar-refractivity contribution is 0.638. The zero-order valence-corrected chi connectivity index (χ0v) is 11.4. The van der Waals surface area contributed by atoms with E-state index < -0.39 is 0 Å². The van der Waals surface area contributed by atoms with Crippen LogP contribution in [0.3, 0.4) is 0 Å². The van der Waals surface area contributed by atoms with Gasteiger partial charge in [0.05, 0.1) is 5.69 Å². The van der Waals surface area contributed by atoms with Gasteiger partial charge in [-0.15, -0.1) is 0 Å². The third-order valence-electron chi connectivity index (χ3n) is 3.29. The summed E-state index contributed by atoms with van der Waals surface area (Å²) >= 11 is 0. The van der Waals surface area contributed by atoms with Gasteiger partial charge in [-0.05, 0) is 25.0 Å². The van der Waals surface area contributed by atoms with Gasteiger partial charge < -0.3 is 5.73 Å². The Balaban J connectivity index is 2.15. The Morgan fingerprint density at radius 1 is 1.33 bits per heavy atom. The zero-order valence-electron chi connectivity index (χ0n) is 11.4. The highest BCUT2D eigenvalue weighted by Crippen LogP contribution is 2.17. The predicted molar refractivity (Wildman–Crippen MR) is 74.4 cm³/mol. The molecule has 0 saturated carbocycles. The van der Waals surface area contributed by atoms with Crippen molar-refractivity contribution in [3.63, 3.8) is 0 Å². The fourth-order valence-electron chi connectivity index (χ4n) is 2.18. The van der Waals surface area contributed by atoms with E-state index in [9.17, 15) is 0 Å². The first-order valence-corrected chi connectivity index (χ1v) is 6.44. The monoisotopic (exact) mass is 243 g/mol. The summed E-state index contributed by atoms with van der Waals surface area (Å²) in [6.45, 7) is 4.21. The standard InChI is InChI=1S/C15H21N3/c1-4-13-9-14(18(3)17-13)10-15(16)12-7-5-6-11(2)8-12/h5-9,15H,4,10,16H2,1-3H3. The van der Waals surface area contributed by atoms with Crippen LogP contribution < -0.4 is 5.73 Å². The first kappa shape index (κ1) is 12.8. The number of aryl methyl sites for hydroxylation is 3. The van der Waals surface area contributed by atoms with Crippen molar-refractivity contribution in [3.8, 4) is 0 Å². The number of aromatic nitrogens is 2. The lowest BCUT2D eigenvalue weighted by Crippen LogP contribution is -2.15. The van der Waals surface area contributed by atoms with Crippen molar-refractivity contribution in [2.75, 3.05) is 0 Å². The molecule has 0 bridgehead atoms. The first-order chi connectivity index (χ1) is 8.60. The molecule has 0 spiro atoms. The van der Waals surface area contributed by atoms with Gasteiger partial charge in [-0.3, -0.25) is 4.68 Å². The number of rotatable bonds is 4. The van der Waals surface area contributed by atoms with E-state index in [1.54, 1.807) is 0 Å². The lowest BCUT2D eigenvalue weighted by atomic mass is 10.0. The average Bonchev–Trinajstić information content (AvgIpc) is 2.70. The normalized spacial score (nSPS) is 12.7. The molecule has 0 aliphatic heterocycles. The maximum atomic E-state index is 6.27. The summed E-state index contributed by atoms with van der Waals surface area (Å²) in [5.74, 6) is 0. The molecule has 1 aromatic carbocycles. The highest BCUT2D eigenvalue weighted by molar-refractivity contribution is 5.26. The second-order valence-electron chi connectivity index (χ2n) is 4.83. The van der Waals surface area contributed by atoms with Crippen LogP contribution in [0.4, 0.5) is 0 Å². The maximum Gasteiger partial charge on any atom is 0.0624 e. The largest absolute Gasteiger partial charge is 0.324 e. The smallest absolute Gasteiger partial charge is 0.0624 e. The molecule has 96 valence electrons. The predicted octanol–water partition coefficient (Wildman–Crippen LogP) is 2.53. The Morgan fingerprint density at radius 2 is 2.11 bits per heavy atom. The molecule has 0 amide bonds. The van der Waals surface area contributed by atoms with Crippen LogP contribution in [0.15, 0.2) is 30.3 Å². The third-order valence-corrected chi connectivity index (χ3v) is 3.29. The minimum atomic E-state index is 0.0324. The number of nitrogens with two attached hydrogens (primary N) is 1. The van der Waals surface area contributed by atoms with Gasteiger partial charge in [-0.2, -0.15) is 5.10 Å². The van der Waals surface area contributed by atoms with Gasteiger partial charge in [0.2, 0.25) is 0 Å². The van der Waals surface area contributed by atoms with Crippen LogP contribution >= 0.6 is 0 Å². The van der Waals surface area contributed by atoms with E-state index in [0.717, 1.165) is 18.5 Å². The average molecular weight is 243 g/mol. The summed E-state index contributed by atoms with van der Waals surface area (Å²) < 4.78 is 1.94. The maximum absolute atomic E-state index is 6.27. The van der Waals surface area contributed by atoms with Gasteiger partial charge in [0.15, 0.2) is 0 Å². The summed E-state index contributed by atoms with van der Waals surface area (Å²) in [4.78, 5) is 0. The van der Waals surface area contributed by atoms with Crippen LogP contribution in [0.25, 0.3) is 0 Å². The molecule has 1 heterocycles. The molecule has 0 radical (unpaired) electrons. The van der Waals surface area contributed by atoms with Crippen LogP contribution in [0.2, 0.25) is 0 Å². The van der Waals surface area contributed by atoms with Crippen molar-refractivity contribution in [2.45, 2.75) is 32.7 Å². The number of hydrogen-bond donors (Lipinski definition) is 1. The third kappa shape index (κ3) is 2.79. The van der Waals surface area contributed by atoms with Crippen LogP contribution in [0, 0.1) is 6.92 Å². The van der Waals surface area contributed by atoms with Gasteiger partial charge in [0.25, 0.3) is 0 Å². The van der Waals surface area contributed by atoms with Crippen LogP contribution in [0.5, 0.6) is 0 Å². The first-order valence-electron chi connectivity index (χ1n) is 6.44. The molecule has 2 aromatic rings. The second-order valence-corrected chi connectivity index (χ2v) is 4.83. The van der Waals surface area contributed by atoms with E-state index in [1.807, 2.05) is 11.7 Å². The molecule has 18 heavy (non-hydrogen) atoms. The second kappa shape index (κ2) is 5.36. The molecule has 1 aromatic heterocycles. The lowest BCUT2D eigenvalue weighted by Gasteiger charge is -2.12. The van der Waals surface area contributed by atoms with Crippen molar-refractivity contribution in [1.29, 1.82) is 0 Å². The summed E-state index contributed by atoms with van der Waals surface area (Å²) in [7, 11) is 1.98.